The highest BCUT2D eigenvalue weighted by atomic mass is 16.4. The van der Waals surface area contributed by atoms with Crippen molar-refractivity contribution in [3.8, 4) is 6.07 Å². The predicted octanol–water partition coefficient (Wildman–Crippen LogP) is 3.32. The lowest BCUT2D eigenvalue weighted by Crippen LogP contribution is -2.21. The number of rotatable bonds is 5. The van der Waals surface area contributed by atoms with Gasteiger partial charge in [0.2, 0.25) is 0 Å². The Morgan fingerprint density at radius 3 is 2.67 bits per heavy atom. The number of carbonyl (C=O) groups is 1. The van der Waals surface area contributed by atoms with Gasteiger partial charge in [0, 0.05) is 13.1 Å². The van der Waals surface area contributed by atoms with E-state index in [1.807, 2.05) is 36.4 Å². The number of carboxylic acid groups (broad SMARTS) is 1. The van der Waals surface area contributed by atoms with Crippen molar-refractivity contribution in [2.45, 2.75) is 19.4 Å². The molecule has 1 aliphatic rings. The summed E-state index contributed by atoms with van der Waals surface area (Å²) in [5.74, 6) is -0.306. The zero-order valence-electron chi connectivity index (χ0n) is 13.5. The van der Waals surface area contributed by atoms with Crippen LogP contribution in [0.15, 0.2) is 48.5 Å². The smallest absolute Gasteiger partial charge is 0.335 e. The number of nitrogens with zero attached hydrogens (tertiary/aromatic N) is 2. The number of nitriles is 1. The van der Waals surface area contributed by atoms with Gasteiger partial charge in [-0.2, -0.15) is 5.26 Å². The fraction of sp³-hybridized carbons (Fsp3) is 0.300. The molecule has 2 aromatic carbocycles. The molecule has 0 radical (unpaired) electrons. The Hall–Kier alpha value is -2.64. The summed E-state index contributed by atoms with van der Waals surface area (Å²) in [6.07, 6.45) is 2.10. The predicted molar refractivity (Wildman–Crippen MR) is 91.6 cm³/mol. The lowest BCUT2D eigenvalue weighted by molar-refractivity contribution is 0.0697. The van der Waals surface area contributed by atoms with E-state index in [0.29, 0.717) is 11.5 Å². The van der Waals surface area contributed by atoms with Crippen molar-refractivity contribution in [2.75, 3.05) is 13.1 Å². The molecule has 1 saturated heterocycles. The summed E-state index contributed by atoms with van der Waals surface area (Å²) in [6, 6.07) is 17.2. The van der Waals surface area contributed by atoms with Crippen LogP contribution in [0.4, 0.5) is 0 Å². The fourth-order valence-electron chi connectivity index (χ4n) is 3.35. The molecule has 0 aromatic heterocycles. The minimum Gasteiger partial charge on any atom is -0.478 e. The van der Waals surface area contributed by atoms with Crippen LogP contribution in [-0.2, 0) is 13.0 Å². The molecule has 4 heteroatoms. The van der Waals surface area contributed by atoms with Crippen molar-refractivity contribution in [1.29, 1.82) is 5.26 Å². The molecule has 0 unspecified atom stereocenters. The number of carboxylic acids is 1. The molecule has 0 spiro atoms. The Labute approximate surface area is 142 Å². The summed E-state index contributed by atoms with van der Waals surface area (Å²) in [6.45, 7) is 2.87. The van der Waals surface area contributed by atoms with Crippen molar-refractivity contribution in [3.63, 3.8) is 0 Å². The van der Waals surface area contributed by atoms with Crippen molar-refractivity contribution < 1.29 is 9.90 Å². The molecule has 122 valence electrons. The highest BCUT2D eigenvalue weighted by Gasteiger charge is 2.23. The van der Waals surface area contributed by atoms with E-state index in [2.05, 4.69) is 11.0 Å². The zero-order valence-corrected chi connectivity index (χ0v) is 13.5. The lowest BCUT2D eigenvalue weighted by Gasteiger charge is -2.17. The standard InChI is InChI=1S/C20H20N2O2/c21-12-18-3-1-2-4-19(18)14-22-10-9-16(13-22)11-15-5-7-17(8-6-15)20(23)24/h1-8,16H,9-11,13-14H2,(H,23,24)/t16-/m1/s1. The summed E-state index contributed by atoms with van der Waals surface area (Å²) in [4.78, 5) is 13.3. The van der Waals surface area contributed by atoms with E-state index in [9.17, 15) is 10.1 Å². The largest absolute Gasteiger partial charge is 0.478 e. The van der Waals surface area contributed by atoms with Gasteiger partial charge in [-0.1, -0.05) is 30.3 Å². The second kappa shape index (κ2) is 7.29. The number of hydrogen-bond acceptors (Lipinski definition) is 3. The topological polar surface area (TPSA) is 64.3 Å². The molecular formula is C20H20N2O2. The van der Waals surface area contributed by atoms with Crippen LogP contribution in [0.25, 0.3) is 0 Å². The molecule has 4 nitrogen and oxygen atoms in total. The average molecular weight is 320 g/mol. The van der Waals surface area contributed by atoms with Crippen LogP contribution in [0, 0.1) is 17.2 Å². The molecule has 1 atom stereocenters. The van der Waals surface area contributed by atoms with Crippen molar-refractivity contribution in [1.82, 2.24) is 4.90 Å². The van der Waals surface area contributed by atoms with E-state index in [1.165, 1.54) is 5.56 Å². The van der Waals surface area contributed by atoms with Gasteiger partial charge in [-0.25, -0.2) is 4.79 Å². The highest BCUT2D eigenvalue weighted by Crippen LogP contribution is 2.23. The molecule has 3 rings (SSSR count). The maximum atomic E-state index is 10.9. The molecule has 0 bridgehead atoms. The minimum atomic E-state index is -0.884. The minimum absolute atomic E-state index is 0.333. The van der Waals surface area contributed by atoms with Crippen LogP contribution in [0.3, 0.4) is 0 Å². The molecular weight excluding hydrogens is 300 g/mol. The third kappa shape index (κ3) is 3.81. The third-order valence-electron chi connectivity index (χ3n) is 4.63. The monoisotopic (exact) mass is 320 g/mol. The maximum absolute atomic E-state index is 10.9. The summed E-state index contributed by atoms with van der Waals surface area (Å²) in [5, 5.41) is 18.1. The van der Waals surface area contributed by atoms with E-state index in [4.69, 9.17) is 5.11 Å². The van der Waals surface area contributed by atoms with Crippen LogP contribution in [0.1, 0.15) is 33.5 Å². The summed E-state index contributed by atoms with van der Waals surface area (Å²) < 4.78 is 0. The van der Waals surface area contributed by atoms with Crippen molar-refractivity contribution >= 4 is 5.97 Å². The molecule has 0 aliphatic carbocycles. The lowest BCUT2D eigenvalue weighted by atomic mass is 9.98. The first kappa shape index (κ1) is 16.2. The van der Waals surface area contributed by atoms with Crippen molar-refractivity contribution in [2.24, 2.45) is 5.92 Å². The SMILES string of the molecule is N#Cc1ccccc1CN1CC[C@H](Cc2ccc(C(=O)O)cc2)C1. The average Bonchev–Trinajstić information content (AvgIpc) is 3.03. The van der Waals surface area contributed by atoms with Crippen LogP contribution >= 0.6 is 0 Å². The first-order chi connectivity index (χ1) is 11.7. The van der Waals surface area contributed by atoms with E-state index in [1.54, 1.807) is 12.1 Å². The van der Waals surface area contributed by atoms with E-state index in [0.717, 1.165) is 43.6 Å². The summed E-state index contributed by atoms with van der Waals surface area (Å²) in [5.41, 5.74) is 3.36. The molecule has 0 saturated carbocycles. The van der Waals surface area contributed by atoms with Crippen LogP contribution in [-0.4, -0.2) is 29.1 Å². The number of likely N-dealkylation sites (tertiary alicyclic amines) is 1. The van der Waals surface area contributed by atoms with E-state index in [-0.39, 0.29) is 0 Å². The van der Waals surface area contributed by atoms with Gasteiger partial charge in [-0.05, 0) is 54.6 Å². The fourth-order valence-corrected chi connectivity index (χ4v) is 3.35. The van der Waals surface area contributed by atoms with Gasteiger partial charge in [0.05, 0.1) is 17.2 Å². The third-order valence-corrected chi connectivity index (χ3v) is 4.63. The van der Waals surface area contributed by atoms with Crippen molar-refractivity contribution in [3.05, 3.63) is 70.8 Å². The van der Waals surface area contributed by atoms with E-state index >= 15 is 0 Å². The molecule has 24 heavy (non-hydrogen) atoms. The normalized spacial score (nSPS) is 17.5. The van der Waals surface area contributed by atoms with Gasteiger partial charge in [0.25, 0.3) is 0 Å². The Balaban J connectivity index is 1.57. The van der Waals surface area contributed by atoms with Crippen LogP contribution < -0.4 is 0 Å². The Morgan fingerprint density at radius 1 is 1.21 bits per heavy atom. The van der Waals surface area contributed by atoms with Crippen LogP contribution in [0.2, 0.25) is 0 Å². The number of aromatic carboxylic acids is 1. The second-order valence-corrected chi connectivity index (χ2v) is 6.36. The zero-order chi connectivity index (χ0) is 16.9. The van der Waals surface area contributed by atoms with E-state index < -0.39 is 5.97 Å². The first-order valence-electron chi connectivity index (χ1n) is 8.18. The van der Waals surface area contributed by atoms with Gasteiger partial charge in [0.1, 0.15) is 0 Å². The maximum Gasteiger partial charge on any atom is 0.335 e. The Kier molecular flexibility index (Phi) is 4.93. The second-order valence-electron chi connectivity index (χ2n) is 6.36. The first-order valence-corrected chi connectivity index (χ1v) is 8.18. The summed E-state index contributed by atoms with van der Waals surface area (Å²) >= 11 is 0. The molecule has 1 aliphatic heterocycles. The quantitative estimate of drug-likeness (QED) is 0.918. The Morgan fingerprint density at radius 2 is 1.96 bits per heavy atom. The molecule has 1 fully saturated rings. The Bertz CT molecular complexity index is 762. The molecule has 1 heterocycles. The molecule has 2 aromatic rings. The van der Waals surface area contributed by atoms with Crippen LogP contribution in [0.5, 0.6) is 0 Å². The highest BCUT2D eigenvalue weighted by molar-refractivity contribution is 5.87. The van der Waals surface area contributed by atoms with Gasteiger partial charge >= 0.3 is 5.97 Å². The van der Waals surface area contributed by atoms with Gasteiger partial charge in [-0.3, -0.25) is 4.90 Å². The molecule has 0 amide bonds. The van der Waals surface area contributed by atoms with Gasteiger partial charge in [0.15, 0.2) is 0 Å². The number of benzene rings is 2. The van der Waals surface area contributed by atoms with Gasteiger partial charge < -0.3 is 5.11 Å². The summed E-state index contributed by atoms with van der Waals surface area (Å²) in [7, 11) is 0. The number of hydrogen-bond donors (Lipinski definition) is 1. The molecule has 1 N–H and O–H groups in total. The van der Waals surface area contributed by atoms with Gasteiger partial charge in [-0.15, -0.1) is 0 Å².